The van der Waals surface area contributed by atoms with E-state index < -0.39 is 0 Å². The van der Waals surface area contributed by atoms with E-state index in [-0.39, 0.29) is 0 Å². The van der Waals surface area contributed by atoms with Crippen molar-refractivity contribution in [3.63, 3.8) is 0 Å². The molecule has 0 spiro atoms. The molecule has 2 rings (SSSR count). The Morgan fingerprint density at radius 2 is 1.61 bits per heavy atom. The molecule has 92 valence electrons. The van der Waals surface area contributed by atoms with E-state index in [0.717, 1.165) is 5.69 Å². The fourth-order valence-corrected chi connectivity index (χ4v) is 2.05. The summed E-state index contributed by atoms with van der Waals surface area (Å²) < 4.78 is 0. The van der Waals surface area contributed by atoms with Gasteiger partial charge in [0.2, 0.25) is 0 Å². The van der Waals surface area contributed by atoms with Crippen molar-refractivity contribution in [3.05, 3.63) is 63.1 Å². The predicted octanol–water partition coefficient (Wildman–Crippen LogP) is 5.09. The van der Waals surface area contributed by atoms with Gasteiger partial charge in [0.25, 0.3) is 0 Å². The zero-order valence-electron chi connectivity index (χ0n) is 9.20. The zero-order valence-corrected chi connectivity index (χ0v) is 11.5. The molecule has 2 aromatic rings. The molecule has 0 saturated carbocycles. The third-order valence-electron chi connectivity index (χ3n) is 2.21. The standard InChI is InChI=1S/C13H9Cl3N2/c14-9-3-1-4-10(7-9)18-17-8-11-12(15)5-2-6-13(11)16/h1-8,18H. The van der Waals surface area contributed by atoms with Crippen LogP contribution in [0.2, 0.25) is 15.1 Å². The van der Waals surface area contributed by atoms with Crippen LogP contribution in [-0.4, -0.2) is 6.21 Å². The lowest BCUT2D eigenvalue weighted by Gasteiger charge is -2.02. The van der Waals surface area contributed by atoms with Gasteiger partial charge in [-0.3, -0.25) is 5.43 Å². The van der Waals surface area contributed by atoms with Crippen LogP contribution >= 0.6 is 34.8 Å². The normalized spacial score (nSPS) is 10.8. The molecule has 0 aromatic heterocycles. The molecule has 5 heteroatoms. The first kappa shape index (κ1) is 13.2. The third kappa shape index (κ3) is 3.39. The van der Waals surface area contributed by atoms with Crippen LogP contribution in [-0.2, 0) is 0 Å². The number of rotatable bonds is 3. The summed E-state index contributed by atoms with van der Waals surface area (Å²) in [7, 11) is 0. The predicted molar refractivity (Wildman–Crippen MR) is 79.1 cm³/mol. The summed E-state index contributed by atoms with van der Waals surface area (Å²) >= 11 is 17.9. The van der Waals surface area contributed by atoms with E-state index in [2.05, 4.69) is 10.5 Å². The molecule has 0 bridgehead atoms. The summed E-state index contributed by atoms with van der Waals surface area (Å²) in [4.78, 5) is 0. The summed E-state index contributed by atoms with van der Waals surface area (Å²) in [6.45, 7) is 0. The van der Waals surface area contributed by atoms with Crippen molar-refractivity contribution >= 4 is 46.7 Å². The molecule has 2 aromatic carbocycles. The van der Waals surface area contributed by atoms with Crippen molar-refractivity contribution in [2.75, 3.05) is 5.43 Å². The Labute approximate surface area is 120 Å². The van der Waals surface area contributed by atoms with Gasteiger partial charge < -0.3 is 0 Å². The summed E-state index contributed by atoms with van der Waals surface area (Å²) in [5.41, 5.74) is 4.33. The molecule has 1 N–H and O–H groups in total. The van der Waals surface area contributed by atoms with Crippen molar-refractivity contribution in [2.45, 2.75) is 0 Å². The van der Waals surface area contributed by atoms with Crippen LogP contribution < -0.4 is 5.43 Å². The van der Waals surface area contributed by atoms with E-state index in [0.29, 0.717) is 20.6 Å². The van der Waals surface area contributed by atoms with Gasteiger partial charge in [-0.15, -0.1) is 0 Å². The Bertz CT molecular complexity index is 562. The largest absolute Gasteiger partial charge is 0.278 e. The fourth-order valence-electron chi connectivity index (χ4n) is 1.36. The van der Waals surface area contributed by atoms with Gasteiger partial charge >= 0.3 is 0 Å². The van der Waals surface area contributed by atoms with Gasteiger partial charge in [-0.2, -0.15) is 5.10 Å². The van der Waals surface area contributed by atoms with E-state index in [1.807, 2.05) is 12.1 Å². The monoisotopic (exact) mass is 298 g/mol. The molecule has 0 aliphatic heterocycles. The molecule has 0 aliphatic carbocycles. The number of nitrogens with zero attached hydrogens (tertiary/aromatic N) is 1. The number of halogens is 3. The minimum atomic E-state index is 0.555. The van der Waals surface area contributed by atoms with E-state index in [1.165, 1.54) is 0 Å². The molecule has 2 nitrogen and oxygen atoms in total. The lowest BCUT2D eigenvalue weighted by molar-refractivity contribution is 1.35. The lowest BCUT2D eigenvalue weighted by atomic mass is 10.2. The third-order valence-corrected chi connectivity index (χ3v) is 3.11. The second-order valence-electron chi connectivity index (χ2n) is 3.52. The topological polar surface area (TPSA) is 24.4 Å². The van der Waals surface area contributed by atoms with Crippen LogP contribution in [0, 0.1) is 0 Å². The van der Waals surface area contributed by atoms with Gasteiger partial charge in [0.05, 0.1) is 21.9 Å². The van der Waals surface area contributed by atoms with E-state index >= 15 is 0 Å². The number of hydrogen-bond donors (Lipinski definition) is 1. The number of hydrogen-bond acceptors (Lipinski definition) is 2. The lowest BCUT2D eigenvalue weighted by Crippen LogP contribution is -1.91. The quantitative estimate of drug-likeness (QED) is 0.619. The van der Waals surface area contributed by atoms with E-state index in [9.17, 15) is 0 Å². The highest BCUT2D eigenvalue weighted by atomic mass is 35.5. The van der Waals surface area contributed by atoms with Gasteiger partial charge in [0.15, 0.2) is 0 Å². The molecule has 0 atom stereocenters. The summed E-state index contributed by atoms with van der Waals surface area (Å²) in [6.07, 6.45) is 1.57. The van der Waals surface area contributed by atoms with Crippen LogP contribution in [0.5, 0.6) is 0 Å². The van der Waals surface area contributed by atoms with Crippen LogP contribution in [0.15, 0.2) is 47.6 Å². The second-order valence-corrected chi connectivity index (χ2v) is 4.77. The number of benzene rings is 2. The van der Waals surface area contributed by atoms with Gasteiger partial charge in [0.1, 0.15) is 0 Å². The van der Waals surface area contributed by atoms with E-state index in [4.69, 9.17) is 34.8 Å². The molecule has 0 aliphatic rings. The highest BCUT2D eigenvalue weighted by molar-refractivity contribution is 6.38. The van der Waals surface area contributed by atoms with Gasteiger partial charge in [0, 0.05) is 10.6 Å². The Hall–Kier alpha value is -1.22. The smallest absolute Gasteiger partial charge is 0.0576 e. The molecule has 0 amide bonds. The van der Waals surface area contributed by atoms with Crippen LogP contribution in [0.25, 0.3) is 0 Å². The number of hydrazone groups is 1. The average Bonchev–Trinajstić information content (AvgIpc) is 2.33. The van der Waals surface area contributed by atoms with Crippen molar-refractivity contribution in [1.29, 1.82) is 0 Å². The SMILES string of the molecule is Clc1cccc(NN=Cc2c(Cl)cccc2Cl)c1. The Morgan fingerprint density at radius 1 is 0.944 bits per heavy atom. The fraction of sp³-hybridized carbons (Fsp3) is 0. The highest BCUT2D eigenvalue weighted by Gasteiger charge is 2.01. The van der Waals surface area contributed by atoms with E-state index in [1.54, 1.807) is 36.5 Å². The maximum atomic E-state index is 6.01. The van der Waals surface area contributed by atoms with Gasteiger partial charge in [-0.25, -0.2) is 0 Å². The van der Waals surface area contributed by atoms with Gasteiger partial charge in [-0.05, 0) is 30.3 Å². The van der Waals surface area contributed by atoms with Crippen molar-refractivity contribution in [1.82, 2.24) is 0 Å². The summed E-state index contributed by atoms with van der Waals surface area (Å²) in [5, 5.41) is 5.83. The molecule has 0 radical (unpaired) electrons. The van der Waals surface area contributed by atoms with Gasteiger partial charge in [-0.1, -0.05) is 46.9 Å². The minimum absolute atomic E-state index is 0.555. The minimum Gasteiger partial charge on any atom is -0.278 e. The Morgan fingerprint density at radius 3 is 2.28 bits per heavy atom. The maximum absolute atomic E-state index is 6.01. The maximum Gasteiger partial charge on any atom is 0.0576 e. The first-order valence-electron chi connectivity index (χ1n) is 5.15. The molecule has 0 unspecified atom stereocenters. The second kappa shape index (κ2) is 6.10. The molecule has 18 heavy (non-hydrogen) atoms. The highest BCUT2D eigenvalue weighted by Crippen LogP contribution is 2.22. The molecular weight excluding hydrogens is 291 g/mol. The molecular formula is C13H9Cl3N2. The van der Waals surface area contributed by atoms with Crippen molar-refractivity contribution < 1.29 is 0 Å². The first-order chi connectivity index (χ1) is 8.66. The molecule has 0 heterocycles. The van der Waals surface area contributed by atoms with Crippen molar-refractivity contribution in [2.24, 2.45) is 5.10 Å². The summed E-state index contributed by atoms with van der Waals surface area (Å²) in [5.74, 6) is 0. The average molecular weight is 300 g/mol. The summed E-state index contributed by atoms with van der Waals surface area (Å²) in [6, 6.07) is 12.6. The Kier molecular flexibility index (Phi) is 4.48. The van der Waals surface area contributed by atoms with Crippen LogP contribution in [0.1, 0.15) is 5.56 Å². The van der Waals surface area contributed by atoms with Crippen molar-refractivity contribution in [3.8, 4) is 0 Å². The van der Waals surface area contributed by atoms with Crippen LogP contribution in [0.4, 0.5) is 5.69 Å². The molecule has 0 fully saturated rings. The zero-order chi connectivity index (χ0) is 13.0. The molecule has 0 saturated heterocycles. The van der Waals surface area contributed by atoms with Crippen LogP contribution in [0.3, 0.4) is 0 Å². The Balaban J connectivity index is 2.12. The number of nitrogens with one attached hydrogen (secondary N) is 1. The first-order valence-corrected chi connectivity index (χ1v) is 6.29. The number of anilines is 1.